The molecule has 1 nitrogen and oxygen atoms in total. The first-order valence-electron chi connectivity index (χ1n) is 5.42. The summed E-state index contributed by atoms with van der Waals surface area (Å²) < 4.78 is 6.22. The zero-order valence-electron chi connectivity index (χ0n) is 10.8. The largest absolute Gasteiger partial charge is 0.414 e. The molecule has 0 aliphatic heterocycles. The van der Waals surface area contributed by atoms with Crippen LogP contribution in [0.2, 0.25) is 18.1 Å². The molecule has 0 bridgehead atoms. The van der Waals surface area contributed by atoms with Crippen LogP contribution in [0.15, 0.2) is 12.7 Å². The van der Waals surface area contributed by atoms with Gasteiger partial charge in [0.1, 0.15) is 0 Å². The molecule has 0 saturated carbocycles. The fraction of sp³-hybridized carbons (Fsp3) is 0.833. The van der Waals surface area contributed by atoms with Crippen LogP contribution < -0.4 is 0 Å². The van der Waals surface area contributed by atoms with Gasteiger partial charge in [0.05, 0.1) is 0 Å². The van der Waals surface area contributed by atoms with Crippen LogP contribution in [0.1, 0.15) is 34.6 Å². The first-order chi connectivity index (χ1) is 6.12. The molecular formula is C12H26OSi. The van der Waals surface area contributed by atoms with E-state index < -0.39 is 8.32 Å². The normalized spacial score (nSPS) is 17.6. The fourth-order valence-electron chi connectivity index (χ4n) is 0.940. The molecule has 0 fully saturated rings. The molecule has 0 amide bonds. The Hall–Kier alpha value is -0.0831. The monoisotopic (exact) mass is 214 g/mol. The molecular weight excluding hydrogens is 188 g/mol. The number of rotatable bonds is 4. The van der Waals surface area contributed by atoms with E-state index in [0.29, 0.717) is 11.0 Å². The summed E-state index contributed by atoms with van der Waals surface area (Å²) in [6.07, 6.45) is 2.26. The highest BCUT2D eigenvalue weighted by molar-refractivity contribution is 6.74. The van der Waals surface area contributed by atoms with Gasteiger partial charge < -0.3 is 4.43 Å². The number of hydrogen-bond acceptors (Lipinski definition) is 1. The van der Waals surface area contributed by atoms with Gasteiger partial charge in [-0.3, -0.25) is 0 Å². The maximum Gasteiger partial charge on any atom is 0.192 e. The van der Waals surface area contributed by atoms with Crippen molar-refractivity contribution in [3.63, 3.8) is 0 Å². The Morgan fingerprint density at radius 1 is 1.21 bits per heavy atom. The van der Waals surface area contributed by atoms with Gasteiger partial charge in [-0.15, -0.1) is 6.58 Å². The van der Waals surface area contributed by atoms with Crippen molar-refractivity contribution in [2.75, 3.05) is 0 Å². The Balaban J connectivity index is 4.44. The lowest BCUT2D eigenvalue weighted by Gasteiger charge is -2.39. The van der Waals surface area contributed by atoms with Gasteiger partial charge in [-0.1, -0.05) is 33.8 Å². The Morgan fingerprint density at radius 2 is 1.64 bits per heavy atom. The summed E-state index contributed by atoms with van der Waals surface area (Å²) in [6, 6.07) is 0. The first-order valence-corrected chi connectivity index (χ1v) is 8.33. The molecule has 0 spiro atoms. The Kier molecular flexibility index (Phi) is 4.60. The zero-order chi connectivity index (χ0) is 11.6. The van der Waals surface area contributed by atoms with Crippen molar-refractivity contribution in [2.24, 2.45) is 5.92 Å². The lowest BCUT2D eigenvalue weighted by molar-refractivity contribution is 0.164. The predicted molar refractivity (Wildman–Crippen MR) is 67.1 cm³/mol. The summed E-state index contributed by atoms with van der Waals surface area (Å²) in [5.74, 6) is 0.434. The highest BCUT2D eigenvalue weighted by Crippen LogP contribution is 2.37. The van der Waals surface area contributed by atoms with E-state index in [4.69, 9.17) is 4.43 Å². The highest BCUT2D eigenvalue weighted by atomic mass is 28.4. The van der Waals surface area contributed by atoms with Crippen LogP contribution in [0, 0.1) is 5.92 Å². The van der Waals surface area contributed by atoms with Crippen molar-refractivity contribution < 1.29 is 4.43 Å². The van der Waals surface area contributed by atoms with Crippen molar-refractivity contribution in [1.29, 1.82) is 0 Å². The molecule has 0 aromatic carbocycles. The number of hydrogen-bond donors (Lipinski definition) is 0. The Morgan fingerprint density at radius 3 is 1.93 bits per heavy atom. The van der Waals surface area contributed by atoms with Crippen molar-refractivity contribution in [3.05, 3.63) is 12.7 Å². The van der Waals surface area contributed by atoms with E-state index in [-0.39, 0.29) is 6.10 Å². The molecule has 0 aromatic heterocycles. The van der Waals surface area contributed by atoms with Crippen LogP contribution in [0.4, 0.5) is 0 Å². The molecule has 2 heteroatoms. The van der Waals surface area contributed by atoms with Gasteiger partial charge in [0.25, 0.3) is 0 Å². The third-order valence-corrected chi connectivity index (χ3v) is 7.97. The van der Waals surface area contributed by atoms with E-state index in [9.17, 15) is 0 Å². The first kappa shape index (κ1) is 13.9. The fourth-order valence-corrected chi connectivity index (χ4v) is 2.44. The Bertz CT molecular complexity index is 191. The SMILES string of the molecule is C=C[C@H](C)[C@@H](C)O[Si](C)(C)C(C)(C)C. The van der Waals surface area contributed by atoms with Gasteiger partial charge >= 0.3 is 0 Å². The van der Waals surface area contributed by atoms with E-state index in [2.05, 4.69) is 54.3 Å². The molecule has 0 rings (SSSR count). The summed E-state index contributed by atoms with van der Waals surface area (Å²) in [4.78, 5) is 0. The van der Waals surface area contributed by atoms with Crippen LogP contribution >= 0.6 is 0 Å². The lowest BCUT2D eigenvalue weighted by atomic mass is 10.1. The van der Waals surface area contributed by atoms with Crippen molar-refractivity contribution >= 4 is 8.32 Å². The average molecular weight is 214 g/mol. The molecule has 0 aliphatic rings. The third kappa shape index (κ3) is 3.58. The van der Waals surface area contributed by atoms with Crippen LogP contribution in [0.5, 0.6) is 0 Å². The molecule has 14 heavy (non-hydrogen) atoms. The Labute approximate surface area is 90.7 Å². The minimum Gasteiger partial charge on any atom is -0.414 e. The smallest absolute Gasteiger partial charge is 0.192 e. The molecule has 0 heterocycles. The second-order valence-corrected chi connectivity index (χ2v) is 10.4. The maximum atomic E-state index is 6.22. The van der Waals surface area contributed by atoms with E-state index in [1.165, 1.54) is 0 Å². The van der Waals surface area contributed by atoms with Gasteiger partial charge in [0.2, 0.25) is 0 Å². The zero-order valence-corrected chi connectivity index (χ0v) is 11.8. The molecule has 84 valence electrons. The molecule has 0 aromatic rings. The summed E-state index contributed by atoms with van der Waals surface area (Å²) in [5.41, 5.74) is 0. The summed E-state index contributed by atoms with van der Waals surface area (Å²) in [5, 5.41) is 0.294. The van der Waals surface area contributed by atoms with Crippen LogP contribution in [-0.4, -0.2) is 14.4 Å². The van der Waals surface area contributed by atoms with Crippen molar-refractivity contribution in [1.82, 2.24) is 0 Å². The molecule has 0 unspecified atom stereocenters. The third-order valence-electron chi connectivity index (χ3n) is 3.40. The maximum absolute atomic E-state index is 6.22. The second-order valence-electron chi connectivity index (χ2n) is 5.68. The predicted octanol–water partition coefficient (Wildman–Crippen LogP) is 4.22. The highest BCUT2D eigenvalue weighted by Gasteiger charge is 2.38. The lowest BCUT2D eigenvalue weighted by Crippen LogP contribution is -2.44. The minimum atomic E-state index is -1.59. The van der Waals surface area contributed by atoms with E-state index >= 15 is 0 Å². The van der Waals surface area contributed by atoms with Crippen LogP contribution in [-0.2, 0) is 4.43 Å². The summed E-state index contributed by atoms with van der Waals surface area (Å²) in [7, 11) is -1.59. The standard InChI is InChI=1S/C12H26OSi/c1-9-10(2)11(3)13-14(7,8)12(4,5)6/h9-11H,1H2,2-8H3/t10-,11+/m0/s1. The molecule has 0 aliphatic carbocycles. The molecule has 2 atom stereocenters. The summed E-state index contributed by atoms with van der Waals surface area (Å²) in [6.45, 7) is 19.5. The van der Waals surface area contributed by atoms with Gasteiger partial charge in [-0.05, 0) is 31.0 Å². The van der Waals surface area contributed by atoms with E-state index in [1.54, 1.807) is 0 Å². The van der Waals surface area contributed by atoms with Crippen LogP contribution in [0.25, 0.3) is 0 Å². The van der Waals surface area contributed by atoms with E-state index in [1.807, 2.05) is 6.08 Å². The van der Waals surface area contributed by atoms with Crippen molar-refractivity contribution in [3.8, 4) is 0 Å². The van der Waals surface area contributed by atoms with E-state index in [0.717, 1.165) is 0 Å². The van der Waals surface area contributed by atoms with Gasteiger partial charge in [-0.25, -0.2) is 0 Å². The molecule has 0 N–H and O–H groups in total. The van der Waals surface area contributed by atoms with Crippen molar-refractivity contribution in [2.45, 2.75) is 58.9 Å². The topological polar surface area (TPSA) is 9.23 Å². The molecule has 0 radical (unpaired) electrons. The second kappa shape index (κ2) is 4.62. The minimum absolute atomic E-state index is 0.286. The quantitative estimate of drug-likeness (QED) is 0.503. The average Bonchev–Trinajstić information content (AvgIpc) is 2.00. The molecule has 0 saturated heterocycles. The van der Waals surface area contributed by atoms with Gasteiger partial charge in [0, 0.05) is 6.10 Å². The van der Waals surface area contributed by atoms with Crippen LogP contribution in [0.3, 0.4) is 0 Å². The summed E-state index contributed by atoms with van der Waals surface area (Å²) >= 11 is 0. The van der Waals surface area contributed by atoms with Gasteiger partial charge in [-0.2, -0.15) is 0 Å². The van der Waals surface area contributed by atoms with Gasteiger partial charge in [0.15, 0.2) is 8.32 Å².